The summed E-state index contributed by atoms with van der Waals surface area (Å²) in [5.41, 5.74) is 5.87. The van der Waals surface area contributed by atoms with E-state index in [1.807, 2.05) is 0 Å². The zero-order chi connectivity index (χ0) is 25.1. The number of rotatable bonds is 5. The Morgan fingerprint density at radius 1 is 1.36 bits per heavy atom. The first kappa shape index (κ1) is 26.4. The second kappa shape index (κ2) is 10.4. The Bertz CT molecular complexity index is 1030. The van der Waals surface area contributed by atoms with Crippen molar-refractivity contribution in [1.29, 1.82) is 0 Å². The minimum absolute atomic E-state index is 0.0198. The second-order valence-electron chi connectivity index (χ2n) is 8.04. The molecule has 0 spiro atoms. The van der Waals surface area contributed by atoms with Crippen molar-refractivity contribution in [2.24, 2.45) is 10.6 Å². The maximum atomic E-state index is 12.6. The van der Waals surface area contributed by atoms with Crippen LogP contribution in [0.25, 0.3) is 0 Å². The molecule has 0 saturated carbocycles. The van der Waals surface area contributed by atoms with Gasteiger partial charge in [-0.3, -0.25) is 4.79 Å². The summed E-state index contributed by atoms with van der Waals surface area (Å²) in [6, 6.07) is -0.842. The summed E-state index contributed by atoms with van der Waals surface area (Å²) in [6.07, 6.45) is 0. The summed E-state index contributed by atoms with van der Waals surface area (Å²) in [4.78, 5) is 58.1. The number of fused-ring (bicyclic) bond motifs is 1. The van der Waals surface area contributed by atoms with Gasteiger partial charge in [-0.05, 0) is 20.8 Å². The van der Waals surface area contributed by atoms with Crippen molar-refractivity contribution in [3.63, 3.8) is 0 Å². The SMILES string of the molecule is CC(C)(C)C(=O)O.CO/N=C(\C(=O)N[C@@H]1C(=O)N2C(C(=O)O)=C(C)CS[C@H]12)c1c[se]c(N)n1. The number of thioether (sulfide) groups is 1. The molecule has 2 aliphatic heterocycles. The summed E-state index contributed by atoms with van der Waals surface area (Å²) < 4.78 is 0.407. The first-order chi connectivity index (χ1) is 15.3. The van der Waals surface area contributed by atoms with Crippen molar-refractivity contribution in [2.45, 2.75) is 39.1 Å². The number of hydrogen-bond donors (Lipinski definition) is 4. The Kier molecular flexibility index (Phi) is 8.33. The van der Waals surface area contributed by atoms with Crippen LogP contribution in [0, 0.1) is 5.41 Å². The number of carboxylic acids is 2. The van der Waals surface area contributed by atoms with E-state index in [0.29, 0.717) is 21.7 Å². The van der Waals surface area contributed by atoms with E-state index in [1.165, 1.54) is 23.8 Å². The fourth-order valence-corrected chi connectivity index (χ4v) is 5.12. The van der Waals surface area contributed by atoms with E-state index in [2.05, 4.69) is 15.5 Å². The van der Waals surface area contributed by atoms with Gasteiger partial charge in [-0.2, -0.15) is 0 Å². The van der Waals surface area contributed by atoms with Gasteiger partial charge in [0.05, 0.1) is 5.41 Å². The topological polar surface area (TPSA) is 185 Å². The van der Waals surface area contributed by atoms with E-state index < -0.39 is 40.6 Å². The molecule has 0 unspecified atom stereocenters. The molecule has 2 amide bonds. The van der Waals surface area contributed by atoms with Crippen LogP contribution in [0.3, 0.4) is 0 Å². The molecule has 14 heteroatoms. The number of nitrogens with zero attached hydrogens (tertiary/aromatic N) is 3. The molecule has 2 aliphatic rings. The van der Waals surface area contributed by atoms with Crippen LogP contribution in [0.15, 0.2) is 21.4 Å². The number of aromatic nitrogens is 1. The van der Waals surface area contributed by atoms with Gasteiger partial charge in [-0.1, -0.05) is 0 Å². The van der Waals surface area contributed by atoms with E-state index in [9.17, 15) is 24.3 Å². The average Bonchev–Trinajstić information content (AvgIpc) is 3.15. The number of β-lactam (4-membered cyclic amide) rings is 1. The first-order valence-electron chi connectivity index (χ1n) is 9.54. The molecular weight excluding hydrogens is 521 g/mol. The van der Waals surface area contributed by atoms with Gasteiger partial charge < -0.3 is 5.11 Å². The Morgan fingerprint density at radius 3 is 2.42 bits per heavy atom. The molecule has 3 rings (SSSR count). The van der Waals surface area contributed by atoms with Crippen molar-refractivity contribution in [1.82, 2.24) is 15.2 Å². The first-order valence-corrected chi connectivity index (χ1v) is 12.4. The van der Waals surface area contributed by atoms with Crippen molar-refractivity contribution >= 4 is 60.4 Å². The molecule has 12 nitrogen and oxygen atoms in total. The maximum absolute atomic E-state index is 12.6. The van der Waals surface area contributed by atoms with Crippen LogP contribution in [0.4, 0.5) is 4.69 Å². The number of carboxylic acid groups (broad SMARTS) is 2. The third-order valence-electron chi connectivity index (χ3n) is 4.45. The summed E-state index contributed by atoms with van der Waals surface area (Å²) in [5.74, 6) is -2.55. The fraction of sp³-hybridized carbons (Fsp3) is 0.474. The van der Waals surface area contributed by atoms with Crippen molar-refractivity contribution < 1.29 is 34.2 Å². The molecule has 1 aromatic heterocycles. The quantitative estimate of drug-likeness (QED) is 0.169. The van der Waals surface area contributed by atoms with Gasteiger partial charge in [0, 0.05) is 0 Å². The molecule has 2 atom stereocenters. The van der Waals surface area contributed by atoms with Crippen LogP contribution in [0.2, 0.25) is 0 Å². The van der Waals surface area contributed by atoms with Crippen LogP contribution in [-0.2, 0) is 24.0 Å². The van der Waals surface area contributed by atoms with E-state index in [4.69, 9.17) is 15.7 Å². The standard InChI is InChI=1S/C14H15N5O5SSe.C5H10O2/c1-5-3-25-12-8(11(21)19(12)9(5)13(22)23)17-10(20)7(18-24-2)6-4-26-14(15)16-6;1-5(2,3)4(6)7/h4,8,12H,3H2,1-2H3,(H2,15,16)(H,17,20)(H,22,23);1-3H3,(H,6,7)/b18-7-;/t8-,12-;/m1./s1. The number of carbonyl (C=O) groups excluding carboxylic acids is 2. The van der Waals surface area contributed by atoms with Crippen molar-refractivity contribution in [3.05, 3.63) is 21.9 Å². The average molecular weight is 546 g/mol. The van der Waals surface area contributed by atoms with E-state index in [0.717, 1.165) is 0 Å². The third kappa shape index (κ3) is 5.95. The summed E-state index contributed by atoms with van der Waals surface area (Å²) in [5, 5.41) is 23.4. The molecule has 5 N–H and O–H groups in total. The van der Waals surface area contributed by atoms with Crippen LogP contribution >= 0.6 is 11.8 Å². The number of nitrogen functional groups attached to an aromatic ring is 1. The van der Waals surface area contributed by atoms with Gasteiger partial charge in [0.2, 0.25) is 0 Å². The zero-order valence-corrected chi connectivity index (χ0v) is 21.1. The molecule has 1 saturated heterocycles. The number of carbonyl (C=O) groups is 4. The predicted octanol–water partition coefficient (Wildman–Crippen LogP) is -0.0531. The van der Waals surface area contributed by atoms with Crippen molar-refractivity contribution in [2.75, 3.05) is 18.6 Å². The number of anilines is 1. The summed E-state index contributed by atoms with van der Waals surface area (Å²) in [6.45, 7) is 6.66. The number of hydrogen-bond acceptors (Lipinski definition) is 9. The molecule has 3 heterocycles. The van der Waals surface area contributed by atoms with Gasteiger partial charge in [0.1, 0.15) is 0 Å². The van der Waals surface area contributed by atoms with Crippen LogP contribution in [0.1, 0.15) is 33.4 Å². The third-order valence-corrected chi connectivity index (χ3v) is 7.29. The minimum atomic E-state index is -1.16. The Morgan fingerprint density at radius 2 is 1.97 bits per heavy atom. The number of amides is 2. The monoisotopic (exact) mass is 547 g/mol. The Hall–Kier alpha value is -2.83. The van der Waals surface area contributed by atoms with Crippen LogP contribution in [0.5, 0.6) is 0 Å². The molecule has 0 bridgehead atoms. The molecule has 0 aliphatic carbocycles. The molecule has 0 radical (unpaired) electrons. The van der Waals surface area contributed by atoms with Crippen LogP contribution < -0.4 is 11.1 Å². The molecule has 1 fully saturated rings. The Labute approximate surface area is 200 Å². The second-order valence-corrected chi connectivity index (χ2v) is 11.0. The van der Waals surface area contributed by atoms with Crippen molar-refractivity contribution in [3.8, 4) is 0 Å². The zero-order valence-electron chi connectivity index (χ0n) is 18.6. The van der Waals surface area contributed by atoms with Crippen LogP contribution in [-0.4, -0.2) is 88.3 Å². The van der Waals surface area contributed by atoms with Gasteiger partial charge in [-0.15, -0.1) is 0 Å². The Balaban J connectivity index is 0.000000479. The van der Waals surface area contributed by atoms with E-state index in [1.54, 1.807) is 32.6 Å². The van der Waals surface area contributed by atoms with Gasteiger partial charge in [-0.25, -0.2) is 0 Å². The molecule has 0 aromatic carbocycles. The molecule has 33 heavy (non-hydrogen) atoms. The number of nitrogens with one attached hydrogen (secondary N) is 1. The normalized spacial score (nSPS) is 20.2. The fourth-order valence-electron chi connectivity index (χ4n) is 2.68. The number of aliphatic carboxylic acids is 2. The predicted molar refractivity (Wildman–Crippen MR) is 122 cm³/mol. The van der Waals surface area contributed by atoms with Gasteiger partial charge in [0.25, 0.3) is 0 Å². The van der Waals surface area contributed by atoms with E-state index >= 15 is 0 Å². The van der Waals surface area contributed by atoms with Gasteiger partial charge >= 0.3 is 164 Å². The van der Waals surface area contributed by atoms with Gasteiger partial charge in [0.15, 0.2) is 0 Å². The number of oxime groups is 1. The molecular formula is C19H25N5O7SSe. The number of nitrogens with two attached hydrogens (primary N) is 1. The summed E-state index contributed by atoms with van der Waals surface area (Å²) in [7, 11) is 1.29. The molecule has 1 aromatic rings. The van der Waals surface area contributed by atoms with E-state index in [-0.39, 0.29) is 25.9 Å². The summed E-state index contributed by atoms with van der Waals surface area (Å²) >= 11 is 1.23. The molecule has 180 valence electrons.